The SMILES string of the molecule is COc1ccc(COc2cc(C(=NOCC(C)(C)C)C(=O)NCC34CCN(CC3)CC4)cc(Cl)c2OCc2ccc(OC)cc2)cc1. The highest BCUT2D eigenvalue weighted by Gasteiger charge is 2.39. The average molecular weight is 664 g/mol. The Kier molecular flexibility index (Phi) is 11.2. The number of nitrogens with one attached hydrogen (secondary N) is 1. The van der Waals surface area contributed by atoms with Crippen molar-refractivity contribution in [2.75, 3.05) is 47.0 Å². The van der Waals surface area contributed by atoms with E-state index in [1.165, 1.54) is 0 Å². The van der Waals surface area contributed by atoms with Crippen molar-refractivity contribution in [1.82, 2.24) is 10.2 Å². The number of piperidine rings is 3. The Morgan fingerprint density at radius 1 is 0.872 bits per heavy atom. The van der Waals surface area contributed by atoms with Gasteiger partial charge in [0.05, 0.1) is 19.2 Å². The van der Waals surface area contributed by atoms with Crippen LogP contribution in [0.5, 0.6) is 23.0 Å². The van der Waals surface area contributed by atoms with Crippen LogP contribution in [0.3, 0.4) is 0 Å². The van der Waals surface area contributed by atoms with E-state index < -0.39 is 0 Å². The summed E-state index contributed by atoms with van der Waals surface area (Å²) in [6.07, 6.45) is 3.24. The highest BCUT2D eigenvalue weighted by Crippen LogP contribution is 2.40. The number of carbonyl (C=O) groups excluding carboxylic acids is 1. The second-order valence-corrected chi connectivity index (χ2v) is 14.0. The molecule has 3 aliphatic heterocycles. The first-order valence-corrected chi connectivity index (χ1v) is 16.5. The lowest BCUT2D eigenvalue weighted by Gasteiger charge is -2.48. The van der Waals surface area contributed by atoms with Gasteiger partial charge in [-0.15, -0.1) is 0 Å². The van der Waals surface area contributed by atoms with Gasteiger partial charge in [-0.3, -0.25) is 4.79 Å². The van der Waals surface area contributed by atoms with Crippen LogP contribution < -0.4 is 24.3 Å². The number of halogens is 1. The summed E-state index contributed by atoms with van der Waals surface area (Å²) < 4.78 is 23.1. The van der Waals surface area contributed by atoms with Crippen LogP contribution in [0, 0.1) is 10.8 Å². The molecule has 47 heavy (non-hydrogen) atoms. The zero-order valence-corrected chi connectivity index (χ0v) is 28.8. The summed E-state index contributed by atoms with van der Waals surface area (Å²) in [5.74, 6) is 1.94. The molecule has 0 atom stereocenters. The van der Waals surface area contributed by atoms with Gasteiger partial charge in [-0.2, -0.15) is 0 Å². The molecule has 0 unspecified atom stereocenters. The molecule has 6 rings (SSSR count). The van der Waals surface area contributed by atoms with Crippen LogP contribution in [0.1, 0.15) is 56.7 Å². The predicted molar refractivity (Wildman–Crippen MR) is 184 cm³/mol. The fourth-order valence-electron chi connectivity index (χ4n) is 5.74. The summed E-state index contributed by atoms with van der Waals surface area (Å²) in [6, 6.07) is 18.6. The number of benzene rings is 3. The molecule has 0 spiro atoms. The van der Waals surface area contributed by atoms with Gasteiger partial charge < -0.3 is 34.0 Å². The minimum absolute atomic E-state index is 0.116. The standard InChI is InChI=1S/C37H46ClN3O6/c1-36(2,3)25-47-40-33(35(42)39-24-37-14-17-41(18-15-37)19-16-37)28-20-31(38)34(46-23-27-8-12-30(44-5)13-9-27)32(21-28)45-22-26-6-10-29(43-4)11-7-26/h6-13,20-21H,14-19,22-25H2,1-5H3,(H,39,42). The second kappa shape index (κ2) is 15.3. The first kappa shape index (κ1) is 34.4. The minimum atomic E-state index is -0.314. The molecule has 3 aliphatic rings. The van der Waals surface area contributed by atoms with Gasteiger partial charge in [0.15, 0.2) is 17.2 Å². The lowest BCUT2D eigenvalue weighted by atomic mass is 9.72. The number of carbonyl (C=O) groups is 1. The summed E-state index contributed by atoms with van der Waals surface area (Å²) in [4.78, 5) is 22.1. The van der Waals surface area contributed by atoms with Crippen molar-refractivity contribution in [3.63, 3.8) is 0 Å². The summed E-state index contributed by atoms with van der Waals surface area (Å²) >= 11 is 6.90. The van der Waals surface area contributed by atoms with Gasteiger partial charge in [0.2, 0.25) is 0 Å². The van der Waals surface area contributed by atoms with E-state index in [0.717, 1.165) is 61.5 Å². The molecule has 1 N–H and O–H groups in total. The van der Waals surface area contributed by atoms with Gasteiger partial charge in [0.1, 0.15) is 31.3 Å². The zero-order chi connectivity index (χ0) is 33.4. The number of methoxy groups -OCH3 is 2. The molecular formula is C37H46ClN3O6. The van der Waals surface area contributed by atoms with Gasteiger partial charge in [-0.25, -0.2) is 0 Å². The Morgan fingerprint density at radius 2 is 1.43 bits per heavy atom. The summed E-state index contributed by atoms with van der Waals surface area (Å²) in [6.45, 7) is 10.8. The average Bonchev–Trinajstić information content (AvgIpc) is 3.08. The monoisotopic (exact) mass is 663 g/mol. The number of rotatable bonds is 14. The minimum Gasteiger partial charge on any atom is -0.497 e. The van der Waals surface area contributed by atoms with E-state index in [0.29, 0.717) is 30.2 Å². The van der Waals surface area contributed by atoms with Crippen molar-refractivity contribution in [2.24, 2.45) is 16.0 Å². The molecule has 3 aromatic carbocycles. The van der Waals surface area contributed by atoms with Crippen molar-refractivity contribution < 1.29 is 28.6 Å². The number of hydrogen-bond donors (Lipinski definition) is 1. The Labute approximate surface area is 283 Å². The second-order valence-electron chi connectivity index (χ2n) is 13.6. The van der Waals surface area contributed by atoms with Crippen LogP contribution in [-0.2, 0) is 22.8 Å². The van der Waals surface area contributed by atoms with Crippen LogP contribution in [0.4, 0.5) is 0 Å². The van der Waals surface area contributed by atoms with E-state index in [1.54, 1.807) is 26.4 Å². The van der Waals surface area contributed by atoms with E-state index in [-0.39, 0.29) is 40.7 Å². The molecule has 3 aromatic rings. The summed E-state index contributed by atoms with van der Waals surface area (Å²) in [5, 5.41) is 7.85. The molecule has 3 fully saturated rings. The first-order chi connectivity index (χ1) is 22.6. The topological polar surface area (TPSA) is 90.8 Å². The third kappa shape index (κ3) is 9.32. The van der Waals surface area contributed by atoms with Crippen molar-refractivity contribution >= 4 is 23.2 Å². The molecule has 0 aliphatic carbocycles. The molecule has 10 heteroatoms. The molecule has 252 valence electrons. The molecule has 3 saturated heterocycles. The number of amides is 1. The van der Waals surface area contributed by atoms with Gasteiger partial charge >= 0.3 is 0 Å². The maximum atomic E-state index is 13.9. The maximum absolute atomic E-state index is 13.9. The lowest BCUT2D eigenvalue weighted by Crippen LogP contribution is -2.53. The van der Waals surface area contributed by atoms with Crippen molar-refractivity contribution in [2.45, 2.75) is 53.2 Å². The highest BCUT2D eigenvalue weighted by molar-refractivity contribution is 6.46. The van der Waals surface area contributed by atoms with Gasteiger partial charge in [-0.05, 0) is 97.3 Å². The maximum Gasteiger partial charge on any atom is 0.273 e. The van der Waals surface area contributed by atoms with E-state index in [9.17, 15) is 4.79 Å². The smallest absolute Gasteiger partial charge is 0.273 e. The Morgan fingerprint density at radius 3 is 1.96 bits per heavy atom. The number of nitrogens with zero attached hydrogens (tertiary/aromatic N) is 2. The normalized spacial score (nSPS) is 19.2. The van der Waals surface area contributed by atoms with E-state index in [1.807, 2.05) is 69.3 Å². The third-order valence-corrected chi connectivity index (χ3v) is 9.03. The Bertz CT molecular complexity index is 1510. The van der Waals surface area contributed by atoms with Crippen molar-refractivity contribution in [3.05, 3.63) is 82.4 Å². The summed E-state index contributed by atoms with van der Waals surface area (Å²) in [7, 11) is 3.26. The largest absolute Gasteiger partial charge is 0.497 e. The number of ether oxygens (including phenoxy) is 4. The fourth-order valence-corrected chi connectivity index (χ4v) is 6.01. The van der Waals surface area contributed by atoms with Crippen LogP contribution in [0.15, 0.2) is 65.8 Å². The van der Waals surface area contributed by atoms with E-state index >= 15 is 0 Å². The Balaban J connectivity index is 1.43. The van der Waals surface area contributed by atoms with Crippen LogP contribution in [0.2, 0.25) is 5.02 Å². The van der Waals surface area contributed by atoms with E-state index in [2.05, 4.69) is 15.4 Å². The number of hydrogen-bond acceptors (Lipinski definition) is 8. The molecule has 0 saturated carbocycles. The van der Waals surface area contributed by atoms with Crippen LogP contribution in [0.25, 0.3) is 0 Å². The van der Waals surface area contributed by atoms with Gasteiger partial charge in [-0.1, -0.05) is 61.8 Å². The van der Waals surface area contributed by atoms with Crippen molar-refractivity contribution in [3.8, 4) is 23.0 Å². The first-order valence-electron chi connectivity index (χ1n) is 16.1. The zero-order valence-electron chi connectivity index (χ0n) is 28.1. The molecule has 3 heterocycles. The number of fused-ring (bicyclic) bond motifs is 3. The molecule has 0 radical (unpaired) electrons. The molecular weight excluding hydrogens is 618 g/mol. The molecule has 0 aromatic heterocycles. The lowest BCUT2D eigenvalue weighted by molar-refractivity contribution is -0.116. The third-order valence-electron chi connectivity index (χ3n) is 8.75. The van der Waals surface area contributed by atoms with Gasteiger partial charge in [0, 0.05) is 12.1 Å². The number of oxime groups is 1. The molecule has 2 bridgehead atoms. The predicted octanol–water partition coefficient (Wildman–Crippen LogP) is 6.88. The van der Waals surface area contributed by atoms with Crippen LogP contribution >= 0.6 is 11.6 Å². The Hall–Kier alpha value is -3.95. The van der Waals surface area contributed by atoms with Gasteiger partial charge in [0.25, 0.3) is 5.91 Å². The highest BCUT2D eigenvalue weighted by atomic mass is 35.5. The molecule has 9 nitrogen and oxygen atoms in total. The molecule has 1 amide bonds. The summed E-state index contributed by atoms with van der Waals surface area (Å²) in [5.41, 5.74) is 2.42. The van der Waals surface area contributed by atoms with Crippen molar-refractivity contribution in [1.29, 1.82) is 0 Å². The van der Waals surface area contributed by atoms with Crippen LogP contribution in [-0.4, -0.2) is 63.5 Å². The van der Waals surface area contributed by atoms with E-state index in [4.69, 9.17) is 35.4 Å². The quantitative estimate of drug-likeness (QED) is 0.148. The fraction of sp³-hybridized carbons (Fsp3) is 0.459.